The minimum absolute atomic E-state index is 0.0255. The van der Waals surface area contributed by atoms with Crippen LogP contribution in [-0.2, 0) is 9.53 Å². The van der Waals surface area contributed by atoms with E-state index in [1.807, 2.05) is 6.92 Å². The van der Waals surface area contributed by atoms with Gasteiger partial charge in [-0.2, -0.15) is 4.58 Å². The molecule has 0 saturated heterocycles. The van der Waals surface area contributed by atoms with Gasteiger partial charge in [0.15, 0.2) is 19.1 Å². The summed E-state index contributed by atoms with van der Waals surface area (Å²) in [6, 6.07) is 0. The van der Waals surface area contributed by atoms with Gasteiger partial charge in [-0.25, -0.2) is 0 Å². The zero-order chi connectivity index (χ0) is 7.56. The van der Waals surface area contributed by atoms with Crippen LogP contribution in [0.3, 0.4) is 0 Å². The molecule has 0 radical (unpaired) electrons. The van der Waals surface area contributed by atoms with E-state index in [4.69, 9.17) is 4.74 Å². The van der Waals surface area contributed by atoms with Gasteiger partial charge in [-0.3, -0.25) is 0 Å². The molecule has 1 rings (SSSR count). The molecule has 10 heavy (non-hydrogen) atoms. The van der Waals surface area contributed by atoms with Crippen LogP contribution in [0.2, 0.25) is 0 Å². The number of ether oxygens (including phenoxy) is 1. The van der Waals surface area contributed by atoms with Crippen LogP contribution >= 0.6 is 0 Å². The van der Waals surface area contributed by atoms with Gasteiger partial charge in [0.2, 0.25) is 0 Å². The SMILES string of the molecule is CC[N+]1=C(C(=O)[O-])OCC1. The molecule has 0 unspecified atom stereocenters. The molecule has 0 aromatic rings. The molecule has 0 amide bonds. The molecule has 0 aromatic carbocycles. The van der Waals surface area contributed by atoms with E-state index < -0.39 is 5.97 Å². The number of rotatable bonds is 2. The number of carbonyl (C=O) groups is 1. The zero-order valence-electron chi connectivity index (χ0n) is 5.79. The molecule has 1 heterocycles. The Morgan fingerprint density at radius 1 is 1.90 bits per heavy atom. The predicted molar refractivity (Wildman–Crippen MR) is 31.6 cm³/mol. The zero-order valence-corrected chi connectivity index (χ0v) is 5.79. The lowest BCUT2D eigenvalue weighted by Gasteiger charge is -1.96. The molecule has 0 bridgehead atoms. The first-order valence-electron chi connectivity index (χ1n) is 3.21. The third-order valence-electron chi connectivity index (χ3n) is 1.44. The predicted octanol–water partition coefficient (Wildman–Crippen LogP) is -1.80. The number of carboxylic acid groups (broad SMARTS) is 1. The summed E-state index contributed by atoms with van der Waals surface area (Å²) in [5, 5.41) is 10.3. The van der Waals surface area contributed by atoms with Crippen LogP contribution in [0.1, 0.15) is 6.92 Å². The molecule has 0 aromatic heterocycles. The lowest BCUT2D eigenvalue weighted by Crippen LogP contribution is -2.36. The molecule has 1 aliphatic heterocycles. The van der Waals surface area contributed by atoms with E-state index in [1.165, 1.54) is 0 Å². The number of aliphatic carboxylic acids is 1. The molecule has 4 heteroatoms. The van der Waals surface area contributed by atoms with Crippen molar-refractivity contribution in [3.05, 3.63) is 0 Å². The van der Waals surface area contributed by atoms with Gasteiger partial charge >= 0.3 is 5.90 Å². The highest BCUT2D eigenvalue weighted by Crippen LogP contribution is 1.93. The van der Waals surface area contributed by atoms with Crippen molar-refractivity contribution in [1.29, 1.82) is 0 Å². The maximum atomic E-state index is 10.3. The summed E-state index contributed by atoms with van der Waals surface area (Å²) in [6.45, 7) is 3.64. The van der Waals surface area contributed by atoms with Crippen molar-refractivity contribution >= 4 is 11.9 Å². The molecule has 0 atom stereocenters. The smallest absolute Gasteiger partial charge is 0.386 e. The Morgan fingerprint density at radius 2 is 2.60 bits per heavy atom. The van der Waals surface area contributed by atoms with Gasteiger partial charge < -0.3 is 14.6 Å². The Labute approximate surface area is 58.7 Å². The molecule has 4 nitrogen and oxygen atoms in total. The second kappa shape index (κ2) is 2.68. The monoisotopic (exact) mass is 143 g/mol. The quantitative estimate of drug-likeness (QED) is 0.428. The van der Waals surface area contributed by atoms with Gasteiger partial charge in [0.05, 0.1) is 0 Å². The van der Waals surface area contributed by atoms with Crippen molar-refractivity contribution in [2.45, 2.75) is 6.92 Å². The lowest BCUT2D eigenvalue weighted by atomic mass is 10.6. The Morgan fingerprint density at radius 3 is 3.00 bits per heavy atom. The van der Waals surface area contributed by atoms with Crippen molar-refractivity contribution in [3.8, 4) is 0 Å². The molecule has 56 valence electrons. The van der Waals surface area contributed by atoms with Crippen molar-refractivity contribution in [2.24, 2.45) is 0 Å². The number of hydrogen-bond donors (Lipinski definition) is 0. The van der Waals surface area contributed by atoms with E-state index in [9.17, 15) is 9.90 Å². The van der Waals surface area contributed by atoms with Crippen LogP contribution in [0.4, 0.5) is 0 Å². The largest absolute Gasteiger partial charge is 0.537 e. The fraction of sp³-hybridized carbons (Fsp3) is 0.667. The Bertz CT molecular complexity index is 185. The molecule has 1 aliphatic rings. The van der Waals surface area contributed by atoms with E-state index in [2.05, 4.69) is 0 Å². The van der Waals surface area contributed by atoms with Crippen LogP contribution in [0, 0.1) is 0 Å². The average molecular weight is 143 g/mol. The molecule has 0 N–H and O–H groups in total. The topological polar surface area (TPSA) is 52.4 Å². The highest BCUT2D eigenvalue weighted by atomic mass is 16.5. The van der Waals surface area contributed by atoms with Gasteiger partial charge in [0.1, 0.15) is 6.54 Å². The number of likely N-dealkylation sites (N-methyl/N-ethyl adjacent to an activating group) is 1. The average Bonchev–Trinajstić information content (AvgIpc) is 2.33. The number of carbonyl (C=O) groups excluding carboxylic acids is 1. The third-order valence-corrected chi connectivity index (χ3v) is 1.44. The fourth-order valence-electron chi connectivity index (χ4n) is 0.935. The lowest BCUT2D eigenvalue weighted by molar-refractivity contribution is -0.515. The first-order valence-corrected chi connectivity index (χ1v) is 3.21. The molecule has 0 aliphatic carbocycles. The van der Waals surface area contributed by atoms with Crippen molar-refractivity contribution in [1.82, 2.24) is 0 Å². The van der Waals surface area contributed by atoms with Crippen molar-refractivity contribution in [3.63, 3.8) is 0 Å². The van der Waals surface area contributed by atoms with Crippen LogP contribution in [0.5, 0.6) is 0 Å². The van der Waals surface area contributed by atoms with E-state index in [0.717, 1.165) is 0 Å². The van der Waals surface area contributed by atoms with Crippen LogP contribution in [0.15, 0.2) is 0 Å². The Kier molecular flexibility index (Phi) is 1.89. The summed E-state index contributed by atoms with van der Waals surface area (Å²) in [4.78, 5) is 10.3. The Hall–Kier alpha value is -1.06. The van der Waals surface area contributed by atoms with Crippen LogP contribution in [0.25, 0.3) is 0 Å². The van der Waals surface area contributed by atoms with Crippen LogP contribution in [-0.4, -0.2) is 36.1 Å². The first-order chi connectivity index (χ1) is 4.75. The highest BCUT2D eigenvalue weighted by Gasteiger charge is 2.22. The van der Waals surface area contributed by atoms with Gasteiger partial charge in [-0.05, 0) is 6.92 Å². The third kappa shape index (κ3) is 1.10. The molecular formula is C6H9NO3. The van der Waals surface area contributed by atoms with Crippen molar-refractivity contribution in [2.75, 3.05) is 19.7 Å². The van der Waals surface area contributed by atoms with Crippen LogP contribution < -0.4 is 5.11 Å². The second-order valence-corrected chi connectivity index (χ2v) is 2.02. The molecule has 0 saturated carbocycles. The van der Waals surface area contributed by atoms with Gasteiger partial charge in [0.25, 0.3) is 0 Å². The summed E-state index contributed by atoms with van der Waals surface area (Å²) < 4.78 is 6.43. The first kappa shape index (κ1) is 7.05. The molecular weight excluding hydrogens is 134 g/mol. The molecule has 0 fully saturated rings. The summed E-state index contributed by atoms with van der Waals surface area (Å²) >= 11 is 0. The van der Waals surface area contributed by atoms with Gasteiger partial charge in [-0.15, -0.1) is 0 Å². The van der Waals surface area contributed by atoms with Gasteiger partial charge in [-0.1, -0.05) is 0 Å². The summed E-state index contributed by atoms with van der Waals surface area (Å²) in [5.41, 5.74) is 0. The van der Waals surface area contributed by atoms with Crippen molar-refractivity contribution < 1.29 is 19.2 Å². The standard InChI is InChI=1S/C6H9NO3/c1-2-7-3-4-10-5(7)6(8)9/h2-4H2,1H3. The minimum atomic E-state index is -1.22. The number of carboxylic acids is 1. The normalized spacial score (nSPS) is 17.3. The summed E-state index contributed by atoms with van der Waals surface area (Å²) in [7, 11) is 0. The van der Waals surface area contributed by atoms with Gasteiger partial charge in [0, 0.05) is 0 Å². The van der Waals surface area contributed by atoms with E-state index in [1.54, 1.807) is 4.58 Å². The van der Waals surface area contributed by atoms with E-state index in [0.29, 0.717) is 19.7 Å². The van der Waals surface area contributed by atoms with E-state index in [-0.39, 0.29) is 5.90 Å². The Balaban J connectivity index is 2.78. The summed E-state index contributed by atoms with van der Waals surface area (Å²) in [6.07, 6.45) is 0. The maximum Gasteiger partial charge on any atom is 0.386 e. The summed E-state index contributed by atoms with van der Waals surface area (Å²) in [5.74, 6) is -1.25. The number of nitrogens with zero attached hydrogens (tertiary/aromatic N) is 1. The number of hydrogen-bond acceptors (Lipinski definition) is 3. The minimum Gasteiger partial charge on any atom is -0.537 e. The second-order valence-electron chi connectivity index (χ2n) is 2.02. The highest BCUT2D eigenvalue weighted by molar-refractivity contribution is 6.28. The maximum absolute atomic E-state index is 10.3. The van der Waals surface area contributed by atoms with E-state index >= 15 is 0 Å². The fourth-order valence-corrected chi connectivity index (χ4v) is 0.935. The molecule has 0 spiro atoms.